The number of rotatable bonds is 4. The minimum atomic E-state index is 0.723. The van der Waals surface area contributed by atoms with Crippen LogP contribution in [0.3, 0.4) is 0 Å². The van der Waals surface area contributed by atoms with Crippen molar-refractivity contribution in [3.05, 3.63) is 64.7 Å². The summed E-state index contributed by atoms with van der Waals surface area (Å²) < 4.78 is 0. The number of nitrogens with one attached hydrogen (secondary N) is 1. The maximum atomic E-state index is 4.52. The molecule has 1 N–H and O–H groups in total. The lowest BCUT2D eigenvalue weighted by atomic mass is 10.1. The molecule has 0 aliphatic carbocycles. The number of benzene rings is 1. The van der Waals surface area contributed by atoms with Crippen molar-refractivity contribution < 1.29 is 0 Å². The van der Waals surface area contributed by atoms with E-state index in [1.807, 2.05) is 37.4 Å². The van der Waals surface area contributed by atoms with Gasteiger partial charge in [0.05, 0.1) is 22.9 Å². The Balaban J connectivity index is 1.75. The maximum Gasteiger partial charge on any atom is 0.0901 e. The average molecular weight is 281 g/mol. The first-order valence-corrected chi connectivity index (χ1v) is 7.35. The van der Waals surface area contributed by atoms with Crippen LogP contribution in [0, 0.1) is 6.92 Å². The van der Waals surface area contributed by atoms with Crippen molar-refractivity contribution in [2.24, 2.45) is 0 Å². The molecule has 0 bridgehead atoms. The quantitative estimate of drug-likeness (QED) is 0.781. The van der Waals surface area contributed by atoms with E-state index in [2.05, 4.69) is 38.9 Å². The summed E-state index contributed by atoms with van der Waals surface area (Å²) in [4.78, 5) is 8.82. The number of hydrogen-bond acceptors (Lipinski definition) is 4. The molecule has 0 radical (unpaired) electrons. The number of aromatic nitrogens is 2. The van der Waals surface area contributed by atoms with Crippen molar-refractivity contribution in [1.29, 1.82) is 0 Å². The van der Waals surface area contributed by atoms with Gasteiger partial charge in [-0.2, -0.15) is 0 Å². The SMILES string of the molecule is Cc1nc(-c2cccc(NCc3ccccn3)c2)cs1. The predicted octanol–water partition coefficient (Wildman–Crippen LogP) is 4.13. The highest BCUT2D eigenvalue weighted by Gasteiger charge is 2.03. The van der Waals surface area contributed by atoms with Gasteiger partial charge in [0.2, 0.25) is 0 Å². The molecule has 2 aromatic heterocycles. The van der Waals surface area contributed by atoms with Crippen molar-refractivity contribution in [3.63, 3.8) is 0 Å². The molecule has 0 spiro atoms. The van der Waals surface area contributed by atoms with Gasteiger partial charge in [0.1, 0.15) is 0 Å². The summed E-state index contributed by atoms with van der Waals surface area (Å²) in [6.45, 7) is 2.75. The van der Waals surface area contributed by atoms with E-state index in [1.165, 1.54) is 0 Å². The topological polar surface area (TPSA) is 37.8 Å². The monoisotopic (exact) mass is 281 g/mol. The fourth-order valence-electron chi connectivity index (χ4n) is 1.98. The number of thiazole rings is 1. The second-order valence-electron chi connectivity index (χ2n) is 4.51. The lowest BCUT2D eigenvalue weighted by molar-refractivity contribution is 1.05. The molecule has 3 aromatic rings. The third-order valence-corrected chi connectivity index (χ3v) is 3.75. The fraction of sp³-hybridized carbons (Fsp3) is 0.125. The van der Waals surface area contributed by atoms with E-state index in [4.69, 9.17) is 0 Å². The lowest BCUT2D eigenvalue weighted by Crippen LogP contribution is -2.01. The Morgan fingerprint density at radius 1 is 1.15 bits per heavy atom. The van der Waals surface area contributed by atoms with Gasteiger partial charge in [-0.15, -0.1) is 11.3 Å². The van der Waals surface area contributed by atoms with Gasteiger partial charge in [0, 0.05) is 22.8 Å². The lowest BCUT2D eigenvalue weighted by Gasteiger charge is -2.07. The second-order valence-corrected chi connectivity index (χ2v) is 5.57. The minimum absolute atomic E-state index is 0.723. The molecule has 0 saturated heterocycles. The number of nitrogens with zero attached hydrogens (tertiary/aromatic N) is 2. The summed E-state index contributed by atoms with van der Waals surface area (Å²) in [5.41, 5.74) is 4.29. The zero-order valence-electron chi connectivity index (χ0n) is 11.2. The second kappa shape index (κ2) is 5.84. The molecular weight excluding hydrogens is 266 g/mol. The molecule has 4 heteroatoms. The van der Waals surface area contributed by atoms with Crippen LogP contribution in [0.15, 0.2) is 54.0 Å². The van der Waals surface area contributed by atoms with E-state index < -0.39 is 0 Å². The van der Waals surface area contributed by atoms with Crippen molar-refractivity contribution in [2.45, 2.75) is 13.5 Å². The maximum absolute atomic E-state index is 4.52. The van der Waals surface area contributed by atoms with Gasteiger partial charge < -0.3 is 5.32 Å². The van der Waals surface area contributed by atoms with Crippen LogP contribution in [0.2, 0.25) is 0 Å². The summed E-state index contributed by atoms with van der Waals surface area (Å²) in [7, 11) is 0. The van der Waals surface area contributed by atoms with Crippen molar-refractivity contribution in [1.82, 2.24) is 9.97 Å². The molecule has 0 atom stereocenters. The molecule has 3 nitrogen and oxygen atoms in total. The number of pyridine rings is 1. The zero-order chi connectivity index (χ0) is 13.8. The van der Waals surface area contributed by atoms with E-state index in [1.54, 1.807) is 11.3 Å². The van der Waals surface area contributed by atoms with Crippen LogP contribution in [-0.4, -0.2) is 9.97 Å². The Kier molecular flexibility index (Phi) is 3.74. The van der Waals surface area contributed by atoms with Gasteiger partial charge in [-0.1, -0.05) is 18.2 Å². The molecular formula is C16H15N3S. The smallest absolute Gasteiger partial charge is 0.0901 e. The summed E-state index contributed by atoms with van der Waals surface area (Å²) in [6, 6.07) is 14.3. The molecule has 0 aliphatic rings. The molecule has 1 aromatic carbocycles. The Morgan fingerprint density at radius 3 is 2.85 bits per heavy atom. The third-order valence-electron chi connectivity index (χ3n) is 2.98. The first-order chi connectivity index (χ1) is 9.81. The minimum Gasteiger partial charge on any atom is -0.379 e. The molecule has 0 aliphatic heterocycles. The number of aryl methyl sites for hydroxylation is 1. The van der Waals surface area contributed by atoms with Crippen LogP contribution in [0.1, 0.15) is 10.7 Å². The molecule has 0 fully saturated rings. The molecule has 2 heterocycles. The summed E-state index contributed by atoms with van der Waals surface area (Å²) in [5.74, 6) is 0. The van der Waals surface area contributed by atoms with Gasteiger partial charge >= 0.3 is 0 Å². The predicted molar refractivity (Wildman–Crippen MR) is 83.9 cm³/mol. The van der Waals surface area contributed by atoms with Crippen LogP contribution in [0.4, 0.5) is 5.69 Å². The summed E-state index contributed by atoms with van der Waals surface area (Å²) in [6.07, 6.45) is 1.81. The first-order valence-electron chi connectivity index (χ1n) is 6.47. The highest BCUT2D eigenvalue weighted by atomic mass is 32.1. The standard InChI is InChI=1S/C16H15N3S/c1-12-19-16(11-20-12)13-5-4-7-14(9-13)18-10-15-6-2-3-8-17-15/h2-9,11,18H,10H2,1H3. The first kappa shape index (κ1) is 12.8. The van der Waals surface area contributed by atoms with Gasteiger partial charge in [0.25, 0.3) is 0 Å². The summed E-state index contributed by atoms with van der Waals surface area (Å²) in [5, 5.41) is 6.57. The van der Waals surface area contributed by atoms with Crippen LogP contribution < -0.4 is 5.32 Å². The summed E-state index contributed by atoms with van der Waals surface area (Å²) >= 11 is 1.67. The van der Waals surface area contributed by atoms with Crippen molar-refractivity contribution in [2.75, 3.05) is 5.32 Å². The van der Waals surface area contributed by atoms with Crippen molar-refractivity contribution >= 4 is 17.0 Å². The van der Waals surface area contributed by atoms with Crippen molar-refractivity contribution in [3.8, 4) is 11.3 Å². The number of anilines is 1. The van der Waals surface area contributed by atoms with Crippen LogP contribution in [-0.2, 0) is 6.54 Å². The van der Waals surface area contributed by atoms with Crippen LogP contribution in [0.25, 0.3) is 11.3 Å². The molecule has 0 unspecified atom stereocenters. The fourth-order valence-corrected chi connectivity index (χ4v) is 2.60. The Labute approximate surface area is 122 Å². The Bertz CT molecular complexity index is 692. The van der Waals surface area contributed by atoms with Gasteiger partial charge in [-0.3, -0.25) is 4.98 Å². The molecule has 100 valence electrons. The third kappa shape index (κ3) is 3.03. The van der Waals surface area contributed by atoms with E-state index in [-0.39, 0.29) is 0 Å². The van der Waals surface area contributed by atoms with Crippen LogP contribution in [0.5, 0.6) is 0 Å². The molecule has 0 amide bonds. The molecule has 3 rings (SSSR count). The highest BCUT2D eigenvalue weighted by molar-refractivity contribution is 7.09. The van der Waals surface area contributed by atoms with E-state index >= 15 is 0 Å². The largest absolute Gasteiger partial charge is 0.379 e. The Hall–Kier alpha value is -2.20. The van der Waals surface area contributed by atoms with Crippen LogP contribution >= 0.6 is 11.3 Å². The molecule has 20 heavy (non-hydrogen) atoms. The van der Waals surface area contributed by atoms with E-state index in [0.717, 1.165) is 34.2 Å². The normalized spacial score (nSPS) is 10.4. The molecule has 0 saturated carbocycles. The Morgan fingerprint density at radius 2 is 2.10 bits per heavy atom. The van der Waals surface area contributed by atoms with Gasteiger partial charge in [-0.25, -0.2) is 4.98 Å². The van der Waals surface area contributed by atoms with E-state index in [0.29, 0.717) is 0 Å². The number of hydrogen-bond donors (Lipinski definition) is 1. The van der Waals surface area contributed by atoms with Gasteiger partial charge in [-0.05, 0) is 31.2 Å². The van der Waals surface area contributed by atoms with E-state index in [9.17, 15) is 0 Å². The van der Waals surface area contributed by atoms with Gasteiger partial charge in [0.15, 0.2) is 0 Å². The average Bonchev–Trinajstić information content (AvgIpc) is 2.93. The zero-order valence-corrected chi connectivity index (χ0v) is 12.0. The highest BCUT2D eigenvalue weighted by Crippen LogP contribution is 2.24.